The fourth-order valence-electron chi connectivity index (χ4n) is 1.70. The molecule has 116 valence electrons. The number of aromatic nitrogens is 1. The number of nitrogens with zero attached hydrogens (tertiary/aromatic N) is 1. The molecule has 1 aromatic carbocycles. The Kier molecular flexibility index (Phi) is 5.67. The van der Waals surface area contributed by atoms with Crippen molar-refractivity contribution in [2.45, 2.75) is 20.0 Å². The summed E-state index contributed by atoms with van der Waals surface area (Å²) in [5, 5.41) is 3.58. The first-order valence-corrected chi connectivity index (χ1v) is 7.96. The van der Waals surface area contributed by atoms with Gasteiger partial charge in [0.2, 0.25) is 0 Å². The van der Waals surface area contributed by atoms with Crippen LogP contribution in [-0.2, 0) is 4.79 Å². The zero-order valence-electron chi connectivity index (χ0n) is 11.9. The van der Waals surface area contributed by atoms with Crippen molar-refractivity contribution in [3.8, 4) is 5.75 Å². The number of rotatable bonds is 4. The molecule has 1 amide bonds. The molecule has 1 aromatic heterocycles. The Bertz CT molecular complexity index is 710. The zero-order chi connectivity index (χ0) is 16.3. The van der Waals surface area contributed by atoms with Crippen molar-refractivity contribution in [3.05, 3.63) is 50.5 Å². The van der Waals surface area contributed by atoms with E-state index in [0.29, 0.717) is 21.6 Å². The summed E-state index contributed by atoms with van der Waals surface area (Å²) in [6.07, 6.45) is 0.882. The van der Waals surface area contributed by atoms with Crippen LogP contribution in [0.25, 0.3) is 0 Å². The second-order valence-electron chi connectivity index (χ2n) is 4.64. The van der Waals surface area contributed by atoms with Crippen LogP contribution < -0.4 is 10.1 Å². The first-order chi connectivity index (χ1) is 10.4. The fourth-order valence-corrected chi connectivity index (χ4v) is 2.60. The van der Waals surface area contributed by atoms with Crippen LogP contribution in [0, 0.1) is 6.92 Å². The highest BCUT2D eigenvalue weighted by Gasteiger charge is 2.17. The molecular weight excluding hydrogens is 391 g/mol. The number of nitrogens with one attached hydrogen (secondary N) is 1. The van der Waals surface area contributed by atoms with E-state index in [9.17, 15) is 4.79 Å². The molecule has 4 nitrogen and oxygen atoms in total. The molecule has 2 aromatic rings. The van der Waals surface area contributed by atoms with E-state index < -0.39 is 6.10 Å². The highest BCUT2D eigenvalue weighted by Crippen LogP contribution is 2.28. The van der Waals surface area contributed by atoms with Crippen LogP contribution in [0.3, 0.4) is 0 Å². The Hall–Kier alpha value is -1.30. The van der Waals surface area contributed by atoms with Crippen molar-refractivity contribution in [2.75, 3.05) is 5.32 Å². The summed E-state index contributed by atoms with van der Waals surface area (Å²) in [5.41, 5.74) is 0.847. The standard InChI is InChI=1S/C15H13BrCl2N2O2/c1-8-5-10(16)7-19-14(8)20-15(21)9(2)22-13-4-3-11(17)6-12(13)18/h3-7,9H,1-2H3,(H,19,20,21). The van der Waals surface area contributed by atoms with Gasteiger partial charge >= 0.3 is 0 Å². The third-order valence-corrected chi connectivity index (χ3v) is 3.82. The van der Waals surface area contributed by atoms with Crippen molar-refractivity contribution in [1.82, 2.24) is 4.98 Å². The third-order valence-electron chi connectivity index (χ3n) is 2.85. The van der Waals surface area contributed by atoms with Crippen molar-refractivity contribution >= 4 is 50.9 Å². The number of carbonyl (C=O) groups excluding carboxylic acids is 1. The van der Waals surface area contributed by atoms with E-state index in [2.05, 4.69) is 26.2 Å². The van der Waals surface area contributed by atoms with Crippen LogP contribution in [0.15, 0.2) is 34.9 Å². The van der Waals surface area contributed by atoms with Crippen LogP contribution in [0.2, 0.25) is 10.0 Å². The third kappa shape index (κ3) is 4.35. The van der Waals surface area contributed by atoms with Gasteiger partial charge in [-0.2, -0.15) is 0 Å². The van der Waals surface area contributed by atoms with E-state index in [4.69, 9.17) is 27.9 Å². The molecule has 1 N–H and O–H groups in total. The summed E-state index contributed by atoms with van der Waals surface area (Å²) >= 11 is 15.2. The lowest BCUT2D eigenvalue weighted by molar-refractivity contribution is -0.122. The van der Waals surface area contributed by atoms with E-state index in [-0.39, 0.29) is 5.91 Å². The van der Waals surface area contributed by atoms with Gasteiger partial charge in [0.05, 0.1) is 5.02 Å². The molecule has 2 rings (SSSR count). The molecule has 0 saturated heterocycles. The van der Waals surface area contributed by atoms with Crippen molar-refractivity contribution in [1.29, 1.82) is 0 Å². The van der Waals surface area contributed by atoms with Gasteiger partial charge in [-0.05, 0) is 59.6 Å². The van der Waals surface area contributed by atoms with Gasteiger partial charge in [0.1, 0.15) is 11.6 Å². The number of benzene rings is 1. The van der Waals surface area contributed by atoms with E-state index >= 15 is 0 Å². The summed E-state index contributed by atoms with van der Waals surface area (Å²) in [6, 6.07) is 6.69. The minimum absolute atomic E-state index is 0.316. The summed E-state index contributed by atoms with van der Waals surface area (Å²) in [4.78, 5) is 16.3. The Morgan fingerprint density at radius 1 is 1.36 bits per heavy atom. The molecule has 0 aliphatic rings. The predicted octanol–water partition coefficient (Wildman–Crippen LogP) is 4.87. The Morgan fingerprint density at radius 2 is 2.09 bits per heavy atom. The molecule has 1 heterocycles. The van der Waals surface area contributed by atoms with Gasteiger partial charge in [0, 0.05) is 15.7 Å². The number of pyridine rings is 1. The van der Waals surface area contributed by atoms with Crippen LogP contribution >= 0.6 is 39.1 Å². The summed E-state index contributed by atoms with van der Waals surface area (Å²) in [5.74, 6) is 0.573. The van der Waals surface area contributed by atoms with Gasteiger partial charge in [-0.25, -0.2) is 4.98 Å². The average Bonchev–Trinajstić information content (AvgIpc) is 2.44. The van der Waals surface area contributed by atoms with Crippen LogP contribution in [0.5, 0.6) is 5.75 Å². The number of halogens is 3. The Balaban J connectivity index is 2.05. The van der Waals surface area contributed by atoms with E-state index in [0.717, 1.165) is 10.0 Å². The normalized spacial score (nSPS) is 11.9. The van der Waals surface area contributed by atoms with Crippen LogP contribution in [0.1, 0.15) is 12.5 Å². The molecule has 0 spiro atoms. The van der Waals surface area contributed by atoms with Gasteiger partial charge in [0.25, 0.3) is 5.91 Å². The highest BCUT2D eigenvalue weighted by atomic mass is 79.9. The highest BCUT2D eigenvalue weighted by molar-refractivity contribution is 9.10. The van der Waals surface area contributed by atoms with Gasteiger partial charge in [-0.3, -0.25) is 4.79 Å². The monoisotopic (exact) mass is 402 g/mol. The second kappa shape index (κ2) is 7.31. The first-order valence-electron chi connectivity index (χ1n) is 6.41. The number of amides is 1. The Labute approximate surface area is 146 Å². The molecule has 0 fully saturated rings. The lowest BCUT2D eigenvalue weighted by Gasteiger charge is -2.16. The number of ether oxygens (including phenoxy) is 1. The molecule has 0 saturated carbocycles. The molecule has 1 unspecified atom stereocenters. The van der Waals surface area contributed by atoms with Gasteiger partial charge in [-0.15, -0.1) is 0 Å². The minimum Gasteiger partial charge on any atom is -0.479 e. The maximum absolute atomic E-state index is 12.2. The number of anilines is 1. The molecule has 0 aliphatic carbocycles. The maximum Gasteiger partial charge on any atom is 0.266 e. The second-order valence-corrected chi connectivity index (χ2v) is 6.40. The molecule has 0 radical (unpaired) electrons. The average molecular weight is 404 g/mol. The summed E-state index contributed by atoms with van der Waals surface area (Å²) < 4.78 is 6.41. The number of aryl methyl sites for hydroxylation is 1. The quantitative estimate of drug-likeness (QED) is 0.792. The molecule has 1 atom stereocenters. The van der Waals surface area contributed by atoms with Crippen LogP contribution in [0.4, 0.5) is 5.82 Å². The van der Waals surface area contributed by atoms with Crippen LogP contribution in [-0.4, -0.2) is 17.0 Å². The number of carbonyl (C=O) groups is 1. The summed E-state index contributed by atoms with van der Waals surface area (Å²) in [7, 11) is 0. The van der Waals surface area contributed by atoms with E-state index in [1.807, 2.05) is 13.0 Å². The lowest BCUT2D eigenvalue weighted by atomic mass is 10.2. The number of hydrogen-bond donors (Lipinski definition) is 1. The van der Waals surface area contributed by atoms with Crippen molar-refractivity contribution in [3.63, 3.8) is 0 Å². The fraction of sp³-hybridized carbons (Fsp3) is 0.200. The lowest BCUT2D eigenvalue weighted by Crippen LogP contribution is -2.30. The smallest absolute Gasteiger partial charge is 0.266 e. The van der Waals surface area contributed by atoms with E-state index in [1.54, 1.807) is 31.3 Å². The number of hydrogen-bond acceptors (Lipinski definition) is 3. The van der Waals surface area contributed by atoms with Gasteiger partial charge in [-0.1, -0.05) is 23.2 Å². The van der Waals surface area contributed by atoms with E-state index in [1.165, 1.54) is 0 Å². The molecule has 0 bridgehead atoms. The first kappa shape index (κ1) is 17.1. The molecule has 7 heteroatoms. The Morgan fingerprint density at radius 3 is 2.73 bits per heavy atom. The topological polar surface area (TPSA) is 51.2 Å². The SMILES string of the molecule is Cc1cc(Br)cnc1NC(=O)C(C)Oc1ccc(Cl)cc1Cl. The molecule has 0 aliphatic heterocycles. The van der Waals surface area contributed by atoms with Gasteiger partial charge < -0.3 is 10.1 Å². The minimum atomic E-state index is -0.733. The van der Waals surface area contributed by atoms with Crippen molar-refractivity contribution in [2.24, 2.45) is 0 Å². The van der Waals surface area contributed by atoms with Crippen molar-refractivity contribution < 1.29 is 9.53 Å². The van der Waals surface area contributed by atoms with Gasteiger partial charge in [0.15, 0.2) is 6.10 Å². The largest absolute Gasteiger partial charge is 0.479 e. The zero-order valence-corrected chi connectivity index (χ0v) is 15.0. The molecule has 22 heavy (non-hydrogen) atoms. The molecular formula is C15H13BrCl2N2O2. The maximum atomic E-state index is 12.2. The predicted molar refractivity (Wildman–Crippen MR) is 91.9 cm³/mol. The summed E-state index contributed by atoms with van der Waals surface area (Å²) in [6.45, 7) is 3.49.